The summed E-state index contributed by atoms with van der Waals surface area (Å²) in [5.74, 6) is 0. The molecule has 2 aromatic carbocycles. The molecule has 0 heterocycles. The Morgan fingerprint density at radius 2 is 1.76 bits per heavy atom. The summed E-state index contributed by atoms with van der Waals surface area (Å²) in [6.45, 7) is 4.83. The molecule has 1 N–H and O–H groups in total. The second kappa shape index (κ2) is 6.92. The molecule has 0 atom stereocenters. The van der Waals surface area contributed by atoms with Gasteiger partial charge >= 0.3 is 0 Å². The van der Waals surface area contributed by atoms with E-state index in [1.807, 2.05) is 36.2 Å². The van der Waals surface area contributed by atoms with Crippen molar-refractivity contribution < 1.29 is 0 Å². The molecule has 4 heteroatoms. The number of benzene rings is 2. The largest absolute Gasteiger partial charge is 0.348 e. The normalized spacial score (nSPS) is 10.3. The van der Waals surface area contributed by atoms with Crippen LogP contribution in [-0.4, -0.2) is 17.1 Å². The highest BCUT2D eigenvalue weighted by atomic mass is 35.5. The van der Waals surface area contributed by atoms with Crippen LogP contribution in [0.15, 0.2) is 42.5 Å². The molecule has 0 bridgehead atoms. The number of nitrogens with zero attached hydrogens (tertiary/aromatic N) is 1. The second-order valence-corrected chi connectivity index (χ2v) is 6.05. The monoisotopic (exact) mass is 318 g/mol. The van der Waals surface area contributed by atoms with E-state index in [4.69, 9.17) is 23.8 Å². The van der Waals surface area contributed by atoms with Gasteiger partial charge in [0, 0.05) is 24.3 Å². The van der Waals surface area contributed by atoms with E-state index in [0.717, 1.165) is 16.3 Å². The van der Waals surface area contributed by atoms with E-state index in [2.05, 4.69) is 37.4 Å². The minimum absolute atomic E-state index is 0.677. The Morgan fingerprint density at radius 1 is 1.14 bits per heavy atom. The Balaban J connectivity index is 2.04. The van der Waals surface area contributed by atoms with Gasteiger partial charge in [0.05, 0.1) is 0 Å². The van der Waals surface area contributed by atoms with Gasteiger partial charge in [-0.05, 0) is 61.0 Å². The number of hydrogen-bond donors (Lipinski definition) is 1. The zero-order chi connectivity index (χ0) is 15.4. The van der Waals surface area contributed by atoms with Crippen LogP contribution in [0.2, 0.25) is 5.02 Å². The summed E-state index contributed by atoms with van der Waals surface area (Å²) in [7, 11) is 1.96. The third-order valence-corrected chi connectivity index (χ3v) is 3.97. The zero-order valence-electron chi connectivity index (χ0n) is 12.5. The van der Waals surface area contributed by atoms with Crippen LogP contribution in [0.25, 0.3) is 0 Å². The van der Waals surface area contributed by atoms with E-state index in [1.165, 1.54) is 11.1 Å². The molecule has 0 spiro atoms. The SMILES string of the molecule is Cc1cc(C)cc(NC(=S)N(C)Cc2ccccc2Cl)c1. The Labute approximate surface area is 136 Å². The maximum atomic E-state index is 6.18. The third-order valence-electron chi connectivity index (χ3n) is 3.19. The van der Waals surface area contributed by atoms with Crippen LogP contribution in [0.3, 0.4) is 0 Å². The second-order valence-electron chi connectivity index (χ2n) is 5.25. The van der Waals surface area contributed by atoms with Crippen LogP contribution in [-0.2, 0) is 6.54 Å². The van der Waals surface area contributed by atoms with Gasteiger partial charge in [0.15, 0.2) is 5.11 Å². The lowest BCUT2D eigenvalue weighted by atomic mass is 10.1. The molecule has 110 valence electrons. The van der Waals surface area contributed by atoms with E-state index in [0.29, 0.717) is 11.7 Å². The van der Waals surface area contributed by atoms with Gasteiger partial charge in [0.2, 0.25) is 0 Å². The molecule has 2 aromatic rings. The van der Waals surface area contributed by atoms with Gasteiger partial charge in [0.25, 0.3) is 0 Å². The predicted molar refractivity (Wildman–Crippen MR) is 95.1 cm³/mol. The Kier molecular flexibility index (Phi) is 5.21. The molecule has 0 aliphatic carbocycles. The van der Waals surface area contributed by atoms with Gasteiger partial charge < -0.3 is 10.2 Å². The lowest BCUT2D eigenvalue weighted by Gasteiger charge is -2.22. The van der Waals surface area contributed by atoms with Crippen molar-refractivity contribution in [2.24, 2.45) is 0 Å². The maximum Gasteiger partial charge on any atom is 0.173 e. The van der Waals surface area contributed by atoms with Crippen molar-refractivity contribution in [2.75, 3.05) is 12.4 Å². The molecule has 0 aliphatic heterocycles. The van der Waals surface area contributed by atoms with Gasteiger partial charge in [-0.25, -0.2) is 0 Å². The molecule has 0 fully saturated rings. The van der Waals surface area contributed by atoms with Gasteiger partial charge in [-0.3, -0.25) is 0 Å². The molecule has 0 saturated carbocycles. The first-order chi connectivity index (χ1) is 9.95. The molecular weight excluding hydrogens is 300 g/mol. The van der Waals surface area contributed by atoms with Crippen molar-refractivity contribution in [1.29, 1.82) is 0 Å². The predicted octanol–water partition coefficient (Wildman–Crippen LogP) is 4.79. The quantitative estimate of drug-likeness (QED) is 0.819. The van der Waals surface area contributed by atoms with Gasteiger partial charge in [0.1, 0.15) is 0 Å². The van der Waals surface area contributed by atoms with Gasteiger partial charge in [-0.2, -0.15) is 0 Å². The van der Waals surface area contributed by atoms with Crippen LogP contribution in [0.4, 0.5) is 5.69 Å². The Morgan fingerprint density at radius 3 is 2.38 bits per heavy atom. The first kappa shape index (κ1) is 15.8. The molecule has 0 aliphatic rings. The van der Waals surface area contributed by atoms with Crippen LogP contribution in [0.1, 0.15) is 16.7 Å². The number of thiocarbonyl (C=S) groups is 1. The summed E-state index contributed by atoms with van der Waals surface area (Å²) in [6.07, 6.45) is 0. The molecule has 0 radical (unpaired) electrons. The smallest absolute Gasteiger partial charge is 0.173 e. The van der Waals surface area contributed by atoms with Gasteiger partial charge in [-0.15, -0.1) is 0 Å². The Hall–Kier alpha value is -1.58. The van der Waals surface area contributed by atoms with Crippen molar-refractivity contribution >= 4 is 34.6 Å². The highest BCUT2D eigenvalue weighted by molar-refractivity contribution is 7.80. The number of rotatable bonds is 3. The van der Waals surface area contributed by atoms with Crippen molar-refractivity contribution in [3.63, 3.8) is 0 Å². The summed E-state index contributed by atoms with van der Waals surface area (Å²) < 4.78 is 0. The van der Waals surface area contributed by atoms with E-state index in [-0.39, 0.29) is 0 Å². The molecule has 0 amide bonds. The van der Waals surface area contributed by atoms with Crippen LogP contribution < -0.4 is 5.32 Å². The van der Waals surface area contributed by atoms with E-state index in [1.54, 1.807) is 0 Å². The van der Waals surface area contributed by atoms with E-state index in [9.17, 15) is 0 Å². The van der Waals surface area contributed by atoms with Crippen molar-refractivity contribution in [3.05, 3.63) is 64.2 Å². The Bertz CT molecular complexity index is 635. The summed E-state index contributed by atoms with van der Waals surface area (Å²) in [6, 6.07) is 14.1. The molecule has 0 aromatic heterocycles. The fourth-order valence-corrected chi connectivity index (χ4v) is 2.60. The van der Waals surface area contributed by atoms with Crippen molar-refractivity contribution in [1.82, 2.24) is 4.90 Å². The lowest BCUT2D eigenvalue weighted by molar-refractivity contribution is 0.508. The molecule has 2 rings (SSSR count). The average Bonchev–Trinajstić information content (AvgIpc) is 2.40. The molecular formula is C17H19ClN2S. The van der Waals surface area contributed by atoms with Crippen LogP contribution >= 0.6 is 23.8 Å². The number of nitrogens with one attached hydrogen (secondary N) is 1. The van der Waals surface area contributed by atoms with E-state index < -0.39 is 0 Å². The highest BCUT2D eigenvalue weighted by Gasteiger charge is 2.08. The zero-order valence-corrected chi connectivity index (χ0v) is 14.1. The maximum absolute atomic E-state index is 6.18. The lowest BCUT2D eigenvalue weighted by Crippen LogP contribution is -2.30. The molecule has 0 saturated heterocycles. The number of aryl methyl sites for hydroxylation is 2. The number of hydrogen-bond acceptors (Lipinski definition) is 1. The molecule has 0 unspecified atom stereocenters. The summed E-state index contributed by atoms with van der Waals surface area (Å²) in [4.78, 5) is 1.98. The van der Waals surface area contributed by atoms with E-state index >= 15 is 0 Å². The van der Waals surface area contributed by atoms with Crippen molar-refractivity contribution in [3.8, 4) is 0 Å². The topological polar surface area (TPSA) is 15.3 Å². The minimum Gasteiger partial charge on any atom is -0.348 e. The standard InChI is InChI=1S/C17H19ClN2S/c1-12-8-13(2)10-15(9-12)19-17(21)20(3)11-14-6-4-5-7-16(14)18/h4-10H,11H2,1-3H3,(H,19,21). The number of anilines is 1. The third kappa shape index (κ3) is 4.45. The van der Waals surface area contributed by atoms with Crippen LogP contribution in [0.5, 0.6) is 0 Å². The number of halogens is 1. The summed E-state index contributed by atoms with van der Waals surface area (Å²) in [5, 5.41) is 4.72. The summed E-state index contributed by atoms with van der Waals surface area (Å²) in [5.41, 5.74) is 4.51. The average molecular weight is 319 g/mol. The fourth-order valence-electron chi connectivity index (χ4n) is 2.22. The van der Waals surface area contributed by atoms with Crippen LogP contribution in [0, 0.1) is 13.8 Å². The highest BCUT2D eigenvalue weighted by Crippen LogP contribution is 2.18. The molecule has 2 nitrogen and oxygen atoms in total. The first-order valence-corrected chi connectivity index (χ1v) is 7.58. The fraction of sp³-hybridized carbons (Fsp3) is 0.235. The van der Waals surface area contributed by atoms with Crippen molar-refractivity contribution in [2.45, 2.75) is 20.4 Å². The van der Waals surface area contributed by atoms with Gasteiger partial charge in [-0.1, -0.05) is 35.9 Å². The summed E-state index contributed by atoms with van der Waals surface area (Å²) >= 11 is 11.6. The first-order valence-electron chi connectivity index (χ1n) is 6.79. The minimum atomic E-state index is 0.677. The molecule has 21 heavy (non-hydrogen) atoms.